The molecule has 166 valence electrons. The molecule has 30 heavy (non-hydrogen) atoms. The third-order valence-corrected chi connectivity index (χ3v) is 9.01. The summed E-state index contributed by atoms with van der Waals surface area (Å²) < 4.78 is 41.2. The third kappa shape index (κ3) is 4.00. The molecule has 1 unspecified atom stereocenters. The molecule has 1 aromatic carbocycles. The molecule has 3 aliphatic heterocycles. The summed E-state index contributed by atoms with van der Waals surface area (Å²) in [5, 5.41) is 0. The van der Waals surface area contributed by atoms with E-state index in [2.05, 4.69) is 16.8 Å². The monoisotopic (exact) mass is 438 g/mol. The number of likely N-dealkylation sites (N-methyl/N-ethyl adjacent to an activating group) is 2. The van der Waals surface area contributed by atoms with Crippen LogP contribution in [0.5, 0.6) is 0 Å². The van der Waals surface area contributed by atoms with Crippen molar-refractivity contribution in [3.8, 4) is 0 Å². The normalized spacial score (nSPS) is 26.4. The Balaban J connectivity index is 1.41. The fraction of sp³-hybridized carbons (Fsp3) is 0.667. The summed E-state index contributed by atoms with van der Waals surface area (Å²) in [6.45, 7) is 4.85. The molecule has 0 aliphatic carbocycles. The summed E-state index contributed by atoms with van der Waals surface area (Å²) in [7, 11) is 0.227. The summed E-state index contributed by atoms with van der Waals surface area (Å²) in [6.07, 6.45) is 2.15. The van der Waals surface area contributed by atoms with Crippen molar-refractivity contribution in [1.29, 1.82) is 0 Å². The number of amides is 1. The van der Waals surface area contributed by atoms with Crippen molar-refractivity contribution in [2.24, 2.45) is 5.41 Å². The van der Waals surface area contributed by atoms with Gasteiger partial charge in [-0.25, -0.2) is 12.8 Å². The van der Waals surface area contributed by atoms with Crippen LogP contribution in [-0.2, 0) is 14.8 Å². The highest BCUT2D eigenvalue weighted by molar-refractivity contribution is 7.89. The molecule has 1 spiro atoms. The van der Waals surface area contributed by atoms with Crippen molar-refractivity contribution in [2.75, 3.05) is 59.9 Å². The van der Waals surface area contributed by atoms with Crippen LogP contribution >= 0.6 is 0 Å². The Bertz CT molecular complexity index is 893. The standard InChI is InChI=1S/C21H31FN4O3S/c1-23-11-13-25(14-12-23)20(27)18-15-21(16-24(18)2)7-9-26(10-8-21)30(28,29)19-6-4-3-5-17(19)22/h3-6,18H,7-16H2,1-2H3. The van der Waals surface area contributed by atoms with Crippen LogP contribution < -0.4 is 0 Å². The number of rotatable bonds is 3. The molecule has 1 aromatic rings. The zero-order chi connectivity index (χ0) is 21.5. The second kappa shape index (κ2) is 8.18. The minimum Gasteiger partial charge on any atom is -0.339 e. The number of hydrogen-bond donors (Lipinski definition) is 0. The molecule has 3 aliphatic rings. The highest BCUT2D eigenvalue weighted by Crippen LogP contribution is 2.44. The van der Waals surface area contributed by atoms with Crippen molar-refractivity contribution in [1.82, 2.24) is 19.0 Å². The van der Waals surface area contributed by atoms with Gasteiger partial charge < -0.3 is 9.80 Å². The van der Waals surface area contributed by atoms with Crippen molar-refractivity contribution >= 4 is 15.9 Å². The van der Waals surface area contributed by atoms with E-state index in [0.717, 1.165) is 39.1 Å². The van der Waals surface area contributed by atoms with Crippen LogP contribution in [0.15, 0.2) is 29.2 Å². The van der Waals surface area contributed by atoms with E-state index in [0.29, 0.717) is 25.9 Å². The van der Waals surface area contributed by atoms with Gasteiger partial charge in [-0.3, -0.25) is 9.69 Å². The van der Waals surface area contributed by atoms with Gasteiger partial charge in [0.2, 0.25) is 15.9 Å². The Morgan fingerprint density at radius 2 is 1.67 bits per heavy atom. The Kier molecular flexibility index (Phi) is 5.91. The van der Waals surface area contributed by atoms with E-state index in [1.165, 1.54) is 22.5 Å². The number of likely N-dealkylation sites (tertiary alicyclic amines) is 1. The van der Waals surface area contributed by atoms with Gasteiger partial charge in [0, 0.05) is 45.8 Å². The molecule has 0 radical (unpaired) electrons. The molecule has 0 N–H and O–H groups in total. The van der Waals surface area contributed by atoms with Crippen LogP contribution in [0.25, 0.3) is 0 Å². The van der Waals surface area contributed by atoms with Gasteiger partial charge >= 0.3 is 0 Å². The molecule has 0 bridgehead atoms. The topological polar surface area (TPSA) is 64.2 Å². The molecule has 1 amide bonds. The maximum atomic E-state index is 14.1. The lowest BCUT2D eigenvalue weighted by Crippen LogP contribution is -2.52. The van der Waals surface area contributed by atoms with E-state index in [4.69, 9.17) is 0 Å². The lowest BCUT2D eigenvalue weighted by Gasteiger charge is -2.38. The van der Waals surface area contributed by atoms with Crippen molar-refractivity contribution in [2.45, 2.75) is 30.2 Å². The summed E-state index contributed by atoms with van der Waals surface area (Å²) in [5.74, 6) is -0.514. The number of benzene rings is 1. The molecule has 7 nitrogen and oxygen atoms in total. The quantitative estimate of drug-likeness (QED) is 0.707. The van der Waals surface area contributed by atoms with Crippen molar-refractivity contribution in [3.63, 3.8) is 0 Å². The van der Waals surface area contributed by atoms with Crippen LogP contribution in [0.3, 0.4) is 0 Å². The Hall–Kier alpha value is -1.55. The number of halogens is 1. The van der Waals surface area contributed by atoms with Gasteiger partial charge in [0.15, 0.2) is 0 Å². The Morgan fingerprint density at radius 3 is 2.30 bits per heavy atom. The van der Waals surface area contributed by atoms with Gasteiger partial charge in [0.1, 0.15) is 10.7 Å². The smallest absolute Gasteiger partial charge is 0.245 e. The molecule has 3 heterocycles. The number of sulfonamides is 1. The predicted octanol–water partition coefficient (Wildman–Crippen LogP) is 1.07. The van der Waals surface area contributed by atoms with E-state index in [9.17, 15) is 17.6 Å². The average Bonchev–Trinajstić information content (AvgIpc) is 3.04. The molecule has 0 saturated carbocycles. The van der Waals surface area contributed by atoms with Gasteiger partial charge in [-0.15, -0.1) is 0 Å². The Labute approximate surface area is 178 Å². The largest absolute Gasteiger partial charge is 0.339 e. The van der Waals surface area contributed by atoms with E-state index in [1.54, 1.807) is 6.07 Å². The first kappa shape index (κ1) is 21.7. The van der Waals surface area contributed by atoms with Gasteiger partial charge in [-0.05, 0) is 50.9 Å². The minimum absolute atomic E-state index is 0.0527. The SMILES string of the molecule is CN1CCN(C(=O)C2CC3(CCN(S(=O)(=O)c4ccccc4F)CC3)CN2C)CC1. The van der Waals surface area contributed by atoms with Crippen LogP contribution in [0.4, 0.5) is 4.39 Å². The number of nitrogens with zero attached hydrogens (tertiary/aromatic N) is 4. The first-order chi connectivity index (χ1) is 14.2. The maximum absolute atomic E-state index is 14.1. The number of piperazine rings is 1. The molecular formula is C21H31FN4O3S. The number of carbonyl (C=O) groups is 1. The zero-order valence-corrected chi connectivity index (χ0v) is 18.6. The molecule has 0 aromatic heterocycles. The average molecular weight is 439 g/mol. The number of hydrogen-bond acceptors (Lipinski definition) is 5. The fourth-order valence-corrected chi connectivity index (χ4v) is 6.65. The zero-order valence-electron chi connectivity index (χ0n) is 17.8. The lowest BCUT2D eigenvalue weighted by atomic mass is 9.77. The minimum atomic E-state index is -3.84. The second-order valence-electron chi connectivity index (χ2n) is 9.10. The lowest BCUT2D eigenvalue weighted by molar-refractivity contribution is -0.137. The maximum Gasteiger partial charge on any atom is 0.245 e. The van der Waals surface area contributed by atoms with E-state index >= 15 is 0 Å². The fourth-order valence-electron chi connectivity index (χ4n) is 5.14. The summed E-state index contributed by atoms with van der Waals surface area (Å²) >= 11 is 0. The molecule has 9 heteroatoms. The van der Waals surface area contributed by atoms with Gasteiger partial charge in [0.05, 0.1) is 6.04 Å². The molecule has 3 fully saturated rings. The molecular weight excluding hydrogens is 407 g/mol. The van der Waals surface area contributed by atoms with Gasteiger partial charge in [0.25, 0.3) is 0 Å². The first-order valence-corrected chi connectivity index (χ1v) is 12.1. The number of carbonyl (C=O) groups excluding carboxylic acids is 1. The highest BCUT2D eigenvalue weighted by Gasteiger charge is 2.49. The van der Waals surface area contributed by atoms with Crippen LogP contribution in [0.1, 0.15) is 19.3 Å². The van der Waals surface area contributed by atoms with Crippen LogP contribution in [0, 0.1) is 11.2 Å². The van der Waals surface area contributed by atoms with E-state index in [-0.39, 0.29) is 22.3 Å². The summed E-state index contributed by atoms with van der Waals surface area (Å²) in [4.78, 5) is 19.2. The van der Waals surface area contributed by atoms with Gasteiger partial charge in [-0.2, -0.15) is 4.31 Å². The van der Waals surface area contributed by atoms with Crippen LogP contribution in [-0.4, -0.2) is 99.3 Å². The molecule has 4 rings (SSSR count). The summed E-state index contributed by atoms with van der Waals surface area (Å²) in [6, 6.07) is 5.40. The molecule has 3 saturated heterocycles. The van der Waals surface area contributed by atoms with Crippen LogP contribution in [0.2, 0.25) is 0 Å². The van der Waals surface area contributed by atoms with E-state index < -0.39 is 15.8 Å². The Morgan fingerprint density at radius 1 is 1.03 bits per heavy atom. The third-order valence-electron chi connectivity index (χ3n) is 7.08. The highest BCUT2D eigenvalue weighted by atomic mass is 32.2. The second-order valence-corrected chi connectivity index (χ2v) is 11.0. The first-order valence-electron chi connectivity index (χ1n) is 10.6. The summed E-state index contributed by atoms with van der Waals surface area (Å²) in [5.41, 5.74) is -0.0527. The molecule has 1 atom stereocenters. The van der Waals surface area contributed by atoms with E-state index in [1.807, 2.05) is 11.9 Å². The predicted molar refractivity (Wildman–Crippen MR) is 112 cm³/mol. The van der Waals surface area contributed by atoms with Crippen molar-refractivity contribution in [3.05, 3.63) is 30.1 Å². The van der Waals surface area contributed by atoms with Crippen molar-refractivity contribution < 1.29 is 17.6 Å². The number of piperidine rings is 1. The van der Waals surface area contributed by atoms with Gasteiger partial charge in [-0.1, -0.05) is 12.1 Å².